The highest BCUT2D eigenvalue weighted by atomic mass is 35.5. The van der Waals surface area contributed by atoms with Crippen molar-refractivity contribution in [3.63, 3.8) is 0 Å². The quantitative estimate of drug-likeness (QED) is 0.121. The Morgan fingerprint density at radius 1 is 1.19 bits per heavy atom. The minimum atomic E-state index is -1.47. The molecule has 8 nitrogen and oxygen atoms in total. The number of rotatable bonds is 15. The largest absolute Gasteiger partial charge is 0.614 e. The Hall–Kier alpha value is -2.75. The average Bonchev–Trinajstić information content (AvgIpc) is 3.33. The lowest BCUT2D eigenvalue weighted by molar-refractivity contribution is -0.145. The first-order valence-electron chi connectivity index (χ1n) is 11.9. The van der Waals surface area contributed by atoms with Gasteiger partial charge in [-0.25, -0.2) is 4.79 Å². The second kappa shape index (κ2) is 14.1. The first-order chi connectivity index (χ1) is 17.4. The minimum Gasteiger partial charge on any atom is -0.614 e. The van der Waals surface area contributed by atoms with Crippen molar-refractivity contribution in [1.82, 2.24) is 10.2 Å². The summed E-state index contributed by atoms with van der Waals surface area (Å²) in [5.74, 6) is -0.727. The predicted octanol–water partition coefficient (Wildman–Crippen LogP) is 4.00. The number of benzene rings is 1. The monoisotopic (exact) mass is 534 g/mol. The molecular weight excluding hydrogens is 504 g/mol. The molecule has 2 unspecified atom stereocenters. The number of halogens is 1. The van der Waals surface area contributed by atoms with Gasteiger partial charge in [0.25, 0.3) is 0 Å². The van der Waals surface area contributed by atoms with Crippen LogP contribution < -0.4 is 5.32 Å². The first kappa shape index (κ1) is 27.8. The lowest BCUT2D eigenvalue weighted by Crippen LogP contribution is -2.59. The number of β-lactam (4-membered cyclic amide) rings is 1. The van der Waals surface area contributed by atoms with Crippen molar-refractivity contribution in [1.29, 1.82) is 0 Å². The number of aryl methyl sites for hydroxylation is 1. The third-order valence-electron chi connectivity index (χ3n) is 5.74. The molecule has 2 amide bonds. The lowest BCUT2D eigenvalue weighted by Gasteiger charge is -2.39. The summed E-state index contributed by atoms with van der Waals surface area (Å²) < 4.78 is 23.1. The van der Waals surface area contributed by atoms with E-state index in [1.807, 2.05) is 24.3 Å². The van der Waals surface area contributed by atoms with Crippen LogP contribution in [0.1, 0.15) is 54.0 Å². The normalized spacial score (nSPS) is 15.8. The van der Waals surface area contributed by atoms with Crippen LogP contribution in [0.15, 0.2) is 53.5 Å². The fourth-order valence-electron chi connectivity index (χ4n) is 3.75. The van der Waals surface area contributed by atoms with E-state index in [1.165, 1.54) is 22.6 Å². The van der Waals surface area contributed by atoms with E-state index in [1.54, 1.807) is 6.07 Å². The van der Waals surface area contributed by atoms with Crippen LogP contribution in [0.2, 0.25) is 5.02 Å². The number of carbonyl (C=O) groups excluding carboxylic acids is 3. The van der Waals surface area contributed by atoms with E-state index in [4.69, 9.17) is 20.8 Å². The standard InChI is InChI=1S/C26H31ClN2O6S/c1-2-15-34-26(32)22-13-12-21(35-22)18-36(33)25-16-24(31)29(25)17-23(30)28-14-6-4-3-5-7-19-8-10-20(27)11-9-19/h2,8-13,25H,1,3-7,14-18H2,(H,28,30). The number of nitrogens with zero attached hydrogens (tertiary/aromatic N) is 1. The van der Waals surface area contributed by atoms with E-state index in [0.717, 1.165) is 37.1 Å². The van der Waals surface area contributed by atoms with E-state index in [2.05, 4.69) is 11.9 Å². The molecule has 1 aromatic carbocycles. The number of likely N-dealkylation sites (tertiary alicyclic amines) is 1. The van der Waals surface area contributed by atoms with Gasteiger partial charge < -0.3 is 19.0 Å². The molecule has 194 valence electrons. The van der Waals surface area contributed by atoms with Crippen molar-refractivity contribution in [2.45, 2.75) is 49.7 Å². The van der Waals surface area contributed by atoms with Crippen LogP contribution in [0.25, 0.3) is 0 Å². The van der Waals surface area contributed by atoms with E-state index >= 15 is 0 Å². The average molecular weight is 535 g/mol. The van der Waals surface area contributed by atoms with Crippen molar-refractivity contribution in [3.8, 4) is 0 Å². The Morgan fingerprint density at radius 2 is 1.94 bits per heavy atom. The number of ether oxygens (including phenoxy) is 1. The van der Waals surface area contributed by atoms with Gasteiger partial charge in [-0.3, -0.25) is 14.5 Å². The molecule has 0 bridgehead atoms. The maximum atomic E-state index is 12.8. The van der Waals surface area contributed by atoms with Gasteiger partial charge in [0.2, 0.25) is 17.6 Å². The van der Waals surface area contributed by atoms with E-state index in [9.17, 15) is 18.9 Å². The summed E-state index contributed by atoms with van der Waals surface area (Å²) in [5.41, 5.74) is 1.26. The number of furan rings is 1. The van der Waals surface area contributed by atoms with E-state index < -0.39 is 22.5 Å². The zero-order valence-electron chi connectivity index (χ0n) is 20.1. The highest BCUT2D eigenvalue weighted by Gasteiger charge is 2.45. The molecule has 2 heterocycles. The van der Waals surface area contributed by atoms with Gasteiger partial charge in [-0.2, -0.15) is 0 Å². The Labute approximate surface area is 219 Å². The highest BCUT2D eigenvalue weighted by Crippen LogP contribution is 2.27. The molecule has 2 aromatic rings. The zero-order valence-corrected chi connectivity index (χ0v) is 21.7. The van der Waals surface area contributed by atoms with E-state index in [-0.39, 0.29) is 42.9 Å². The number of esters is 1. The summed E-state index contributed by atoms with van der Waals surface area (Å²) in [4.78, 5) is 37.5. The molecule has 1 fully saturated rings. The molecule has 1 aliphatic rings. The SMILES string of the molecule is C=CCOC(=O)c1ccc(C[S+]([O-])C2CC(=O)N2CC(=O)NCCCCCCc2ccc(Cl)cc2)o1. The van der Waals surface area contributed by atoms with Gasteiger partial charge in [0.05, 0.1) is 6.42 Å². The van der Waals surface area contributed by atoms with Crippen LogP contribution in [0.3, 0.4) is 0 Å². The molecule has 0 aliphatic carbocycles. The molecule has 10 heteroatoms. The smallest absolute Gasteiger partial charge is 0.374 e. The van der Waals surface area contributed by atoms with Gasteiger partial charge in [-0.05, 0) is 60.3 Å². The highest BCUT2D eigenvalue weighted by molar-refractivity contribution is 7.91. The Morgan fingerprint density at radius 3 is 2.67 bits per heavy atom. The van der Waals surface area contributed by atoms with Crippen LogP contribution in [0, 0.1) is 0 Å². The Balaban J connectivity index is 1.32. The maximum Gasteiger partial charge on any atom is 0.374 e. The summed E-state index contributed by atoms with van der Waals surface area (Å²) in [6, 6.07) is 10.9. The molecule has 0 spiro atoms. The number of hydrogen-bond donors (Lipinski definition) is 1. The van der Waals surface area contributed by atoms with Gasteiger partial charge in [-0.1, -0.05) is 49.2 Å². The van der Waals surface area contributed by atoms with Crippen LogP contribution in [-0.4, -0.2) is 52.3 Å². The number of unbranched alkanes of at least 4 members (excludes halogenated alkanes) is 3. The summed E-state index contributed by atoms with van der Waals surface area (Å²) >= 11 is 4.42. The molecule has 1 aliphatic heterocycles. The molecule has 0 saturated carbocycles. The van der Waals surface area contributed by atoms with Crippen molar-refractivity contribution < 1.29 is 28.1 Å². The fourth-order valence-corrected chi connectivity index (χ4v) is 5.31. The van der Waals surface area contributed by atoms with Gasteiger partial charge in [0.1, 0.15) is 13.2 Å². The van der Waals surface area contributed by atoms with Crippen LogP contribution in [0.5, 0.6) is 0 Å². The van der Waals surface area contributed by atoms with Gasteiger partial charge in [0.15, 0.2) is 16.9 Å². The summed E-state index contributed by atoms with van der Waals surface area (Å²) in [6.45, 7) is 3.95. The first-order valence-corrected chi connectivity index (χ1v) is 13.7. The second-order valence-electron chi connectivity index (χ2n) is 8.50. The van der Waals surface area contributed by atoms with E-state index in [0.29, 0.717) is 12.3 Å². The molecule has 2 atom stereocenters. The molecule has 1 N–H and O–H groups in total. The van der Waals surface area contributed by atoms with Crippen molar-refractivity contribution in [2.75, 3.05) is 19.7 Å². The topological polar surface area (TPSA) is 112 Å². The van der Waals surface area contributed by atoms with Gasteiger partial charge in [-0.15, -0.1) is 0 Å². The summed E-state index contributed by atoms with van der Waals surface area (Å²) in [7, 11) is 0. The van der Waals surface area contributed by atoms with Crippen molar-refractivity contribution >= 4 is 40.6 Å². The molecule has 1 saturated heterocycles. The molecule has 3 rings (SSSR count). The maximum absolute atomic E-state index is 12.8. The molecule has 36 heavy (non-hydrogen) atoms. The predicted molar refractivity (Wildman–Crippen MR) is 138 cm³/mol. The number of hydrogen-bond acceptors (Lipinski definition) is 6. The fraction of sp³-hybridized carbons (Fsp3) is 0.423. The number of carbonyl (C=O) groups is 3. The molecule has 0 radical (unpaired) electrons. The summed E-state index contributed by atoms with van der Waals surface area (Å²) in [6.07, 6.45) is 6.53. The van der Waals surface area contributed by atoms with Crippen LogP contribution in [-0.2, 0) is 37.7 Å². The zero-order chi connectivity index (χ0) is 25.9. The van der Waals surface area contributed by atoms with Crippen LogP contribution >= 0.6 is 11.6 Å². The van der Waals surface area contributed by atoms with Gasteiger partial charge >= 0.3 is 5.97 Å². The minimum absolute atomic E-state index is 0.00903. The third kappa shape index (κ3) is 8.43. The van der Waals surface area contributed by atoms with Crippen molar-refractivity contribution in [3.05, 3.63) is 71.2 Å². The van der Waals surface area contributed by atoms with Gasteiger partial charge in [0, 0.05) is 11.6 Å². The Bertz CT molecular complexity index is 1040. The van der Waals surface area contributed by atoms with Crippen LogP contribution in [0.4, 0.5) is 0 Å². The van der Waals surface area contributed by atoms with Crippen molar-refractivity contribution in [2.24, 2.45) is 0 Å². The Kier molecular flexibility index (Phi) is 10.9. The second-order valence-corrected chi connectivity index (χ2v) is 10.5. The lowest BCUT2D eigenvalue weighted by atomic mass is 10.1. The number of amides is 2. The summed E-state index contributed by atoms with van der Waals surface area (Å²) in [5, 5.41) is 3.02. The number of nitrogens with one attached hydrogen (secondary N) is 1. The third-order valence-corrected chi connectivity index (χ3v) is 7.59. The molecule has 1 aromatic heterocycles. The molecular formula is C26H31ClN2O6S.